The first-order valence-electron chi connectivity index (χ1n) is 7.44. The smallest absolute Gasteiger partial charge is 0.107 e. The number of hydrogen-bond acceptors (Lipinski definition) is 4. The quantitative estimate of drug-likeness (QED) is 0.848. The first-order chi connectivity index (χ1) is 10.1. The molecular formula is C17H25N3S. The van der Waals surface area contributed by atoms with Gasteiger partial charge in [0, 0.05) is 30.1 Å². The van der Waals surface area contributed by atoms with E-state index in [9.17, 15) is 0 Å². The number of benzene rings is 1. The summed E-state index contributed by atoms with van der Waals surface area (Å²) in [4.78, 5) is 6.96. The van der Waals surface area contributed by atoms with Crippen molar-refractivity contribution in [1.82, 2.24) is 15.2 Å². The lowest BCUT2D eigenvalue weighted by Gasteiger charge is -2.25. The minimum absolute atomic E-state index is 0.490. The van der Waals surface area contributed by atoms with Crippen LogP contribution in [-0.4, -0.2) is 36.6 Å². The average molecular weight is 303 g/mol. The maximum atomic E-state index is 4.73. The van der Waals surface area contributed by atoms with Gasteiger partial charge in [-0.15, -0.1) is 11.3 Å². The Morgan fingerprint density at radius 3 is 2.52 bits per heavy atom. The summed E-state index contributed by atoms with van der Waals surface area (Å²) < 4.78 is 0. The van der Waals surface area contributed by atoms with Crippen LogP contribution in [0.5, 0.6) is 0 Å². The van der Waals surface area contributed by atoms with Gasteiger partial charge < -0.3 is 10.2 Å². The van der Waals surface area contributed by atoms with Gasteiger partial charge in [0.2, 0.25) is 0 Å². The van der Waals surface area contributed by atoms with Gasteiger partial charge in [0.1, 0.15) is 5.01 Å². The third-order valence-corrected chi connectivity index (χ3v) is 4.35. The van der Waals surface area contributed by atoms with Crippen molar-refractivity contribution in [2.24, 2.45) is 5.92 Å². The molecule has 2 rings (SSSR count). The summed E-state index contributed by atoms with van der Waals surface area (Å²) in [7, 11) is 4.24. The summed E-state index contributed by atoms with van der Waals surface area (Å²) in [6, 6.07) is 10.8. The molecule has 1 aromatic heterocycles. The summed E-state index contributed by atoms with van der Waals surface area (Å²) >= 11 is 1.73. The second-order valence-electron chi connectivity index (χ2n) is 5.99. The molecule has 4 heteroatoms. The summed E-state index contributed by atoms with van der Waals surface area (Å²) in [5.74, 6) is 0.612. The Balaban J connectivity index is 1.96. The third-order valence-electron chi connectivity index (χ3n) is 3.50. The summed E-state index contributed by atoms with van der Waals surface area (Å²) in [6.45, 7) is 6.42. The zero-order chi connectivity index (χ0) is 15.2. The first-order valence-corrected chi connectivity index (χ1v) is 8.32. The second-order valence-corrected chi connectivity index (χ2v) is 6.93. The topological polar surface area (TPSA) is 28.2 Å². The number of hydrogen-bond donors (Lipinski definition) is 1. The van der Waals surface area contributed by atoms with Crippen LogP contribution >= 0.6 is 11.3 Å². The Labute approximate surface area is 132 Å². The SMILES string of the molecule is CC(C)C(CN(C)C)NCc1nc(-c2ccccc2)cs1. The number of aromatic nitrogens is 1. The van der Waals surface area contributed by atoms with Gasteiger partial charge in [-0.1, -0.05) is 44.2 Å². The van der Waals surface area contributed by atoms with E-state index in [0.29, 0.717) is 12.0 Å². The second kappa shape index (κ2) is 7.69. The van der Waals surface area contributed by atoms with Crippen LogP contribution in [0.1, 0.15) is 18.9 Å². The summed E-state index contributed by atoms with van der Waals surface area (Å²) in [6.07, 6.45) is 0. The summed E-state index contributed by atoms with van der Waals surface area (Å²) in [5, 5.41) is 6.93. The van der Waals surface area contributed by atoms with Crippen molar-refractivity contribution in [1.29, 1.82) is 0 Å². The molecule has 114 valence electrons. The predicted molar refractivity (Wildman–Crippen MR) is 91.6 cm³/mol. The molecule has 2 aromatic rings. The molecule has 0 spiro atoms. The molecule has 1 N–H and O–H groups in total. The molecule has 1 atom stereocenters. The molecule has 1 unspecified atom stereocenters. The molecule has 0 amide bonds. The van der Waals surface area contributed by atoms with Crippen molar-refractivity contribution in [3.63, 3.8) is 0 Å². The lowest BCUT2D eigenvalue weighted by Crippen LogP contribution is -2.41. The molecule has 0 bridgehead atoms. The number of thiazole rings is 1. The van der Waals surface area contributed by atoms with E-state index in [-0.39, 0.29) is 0 Å². The molecule has 0 saturated heterocycles. The van der Waals surface area contributed by atoms with Crippen LogP contribution in [0.25, 0.3) is 11.3 Å². The Morgan fingerprint density at radius 2 is 1.90 bits per heavy atom. The van der Waals surface area contributed by atoms with Gasteiger partial charge in [-0.2, -0.15) is 0 Å². The van der Waals surface area contributed by atoms with Crippen molar-refractivity contribution in [3.8, 4) is 11.3 Å². The molecule has 0 radical (unpaired) electrons. The highest BCUT2D eigenvalue weighted by atomic mass is 32.1. The lowest BCUT2D eigenvalue weighted by molar-refractivity contribution is 0.288. The fourth-order valence-corrected chi connectivity index (χ4v) is 3.01. The normalized spacial score (nSPS) is 13.0. The van der Waals surface area contributed by atoms with Crippen LogP contribution in [0, 0.1) is 5.92 Å². The van der Waals surface area contributed by atoms with Gasteiger partial charge in [-0.25, -0.2) is 4.98 Å². The highest BCUT2D eigenvalue weighted by molar-refractivity contribution is 7.09. The molecule has 1 heterocycles. The van der Waals surface area contributed by atoms with Crippen molar-refractivity contribution >= 4 is 11.3 Å². The molecule has 21 heavy (non-hydrogen) atoms. The maximum absolute atomic E-state index is 4.73. The van der Waals surface area contributed by atoms with Crippen LogP contribution in [0.3, 0.4) is 0 Å². The Morgan fingerprint density at radius 1 is 1.19 bits per heavy atom. The van der Waals surface area contributed by atoms with Crippen LogP contribution in [0.2, 0.25) is 0 Å². The van der Waals surface area contributed by atoms with Crippen LogP contribution in [0.4, 0.5) is 0 Å². The monoisotopic (exact) mass is 303 g/mol. The van der Waals surface area contributed by atoms with E-state index in [1.54, 1.807) is 11.3 Å². The van der Waals surface area contributed by atoms with E-state index < -0.39 is 0 Å². The highest BCUT2D eigenvalue weighted by Crippen LogP contribution is 2.21. The molecule has 0 saturated carbocycles. The molecule has 0 aliphatic carbocycles. The van der Waals surface area contributed by atoms with Crippen LogP contribution in [0.15, 0.2) is 35.7 Å². The van der Waals surface area contributed by atoms with E-state index in [2.05, 4.69) is 67.8 Å². The third kappa shape index (κ3) is 4.92. The molecule has 0 aliphatic rings. The molecule has 0 fully saturated rings. The lowest BCUT2D eigenvalue weighted by atomic mass is 10.0. The van der Waals surface area contributed by atoms with Crippen molar-refractivity contribution in [3.05, 3.63) is 40.7 Å². The maximum Gasteiger partial charge on any atom is 0.107 e. The predicted octanol–water partition coefficient (Wildman–Crippen LogP) is 3.49. The first kappa shape index (κ1) is 16.1. The zero-order valence-electron chi connectivity index (χ0n) is 13.3. The van der Waals surface area contributed by atoms with Gasteiger partial charge in [0.15, 0.2) is 0 Å². The van der Waals surface area contributed by atoms with E-state index in [1.165, 1.54) is 5.56 Å². The van der Waals surface area contributed by atoms with Gasteiger partial charge >= 0.3 is 0 Å². The van der Waals surface area contributed by atoms with Gasteiger partial charge in [-0.3, -0.25) is 0 Å². The number of likely N-dealkylation sites (N-methyl/N-ethyl adjacent to an activating group) is 1. The molecule has 0 aliphatic heterocycles. The summed E-state index contributed by atoms with van der Waals surface area (Å²) in [5.41, 5.74) is 2.26. The average Bonchev–Trinajstić information content (AvgIpc) is 2.92. The van der Waals surface area contributed by atoms with E-state index in [4.69, 9.17) is 4.98 Å². The Hall–Kier alpha value is -1.23. The number of rotatable bonds is 7. The van der Waals surface area contributed by atoms with Crippen molar-refractivity contribution < 1.29 is 0 Å². The Bertz CT molecular complexity index is 534. The zero-order valence-corrected chi connectivity index (χ0v) is 14.2. The van der Waals surface area contributed by atoms with Crippen molar-refractivity contribution in [2.75, 3.05) is 20.6 Å². The minimum Gasteiger partial charge on any atom is -0.308 e. The molecule has 3 nitrogen and oxygen atoms in total. The van der Waals surface area contributed by atoms with E-state index >= 15 is 0 Å². The largest absolute Gasteiger partial charge is 0.308 e. The fourth-order valence-electron chi connectivity index (χ4n) is 2.26. The van der Waals surface area contributed by atoms with E-state index in [0.717, 1.165) is 23.8 Å². The minimum atomic E-state index is 0.490. The fraction of sp³-hybridized carbons (Fsp3) is 0.471. The Kier molecular flexibility index (Phi) is 5.91. The van der Waals surface area contributed by atoms with Crippen LogP contribution < -0.4 is 5.32 Å². The standard InChI is InChI=1S/C17H25N3S/c1-13(2)15(11-20(3)4)18-10-17-19-16(12-21-17)14-8-6-5-7-9-14/h5-9,12-13,15,18H,10-11H2,1-4H3. The highest BCUT2D eigenvalue weighted by Gasteiger charge is 2.14. The van der Waals surface area contributed by atoms with E-state index in [1.807, 2.05) is 6.07 Å². The number of nitrogens with zero attached hydrogens (tertiary/aromatic N) is 2. The van der Waals surface area contributed by atoms with Gasteiger partial charge in [0.25, 0.3) is 0 Å². The van der Waals surface area contributed by atoms with Crippen LogP contribution in [-0.2, 0) is 6.54 Å². The van der Waals surface area contributed by atoms with Gasteiger partial charge in [0.05, 0.1) is 5.69 Å². The van der Waals surface area contributed by atoms with Gasteiger partial charge in [-0.05, 0) is 20.0 Å². The number of nitrogens with one attached hydrogen (secondary N) is 1. The van der Waals surface area contributed by atoms with Crippen molar-refractivity contribution in [2.45, 2.75) is 26.4 Å². The molecular weight excluding hydrogens is 278 g/mol. The molecule has 1 aromatic carbocycles.